The highest BCUT2D eigenvalue weighted by Crippen LogP contribution is 2.25. The highest BCUT2D eigenvalue weighted by Gasteiger charge is 2.25. The maximum Gasteiger partial charge on any atom is 0.225 e. The van der Waals surface area contributed by atoms with Crippen LogP contribution >= 0.6 is 0 Å². The number of nitrogens with zero attached hydrogens (tertiary/aromatic N) is 4. The third-order valence-electron chi connectivity index (χ3n) is 3.56. The van der Waals surface area contributed by atoms with E-state index in [2.05, 4.69) is 15.1 Å². The van der Waals surface area contributed by atoms with Gasteiger partial charge in [0.25, 0.3) is 0 Å². The molecule has 1 aliphatic heterocycles. The van der Waals surface area contributed by atoms with E-state index < -0.39 is 11.1 Å². The van der Waals surface area contributed by atoms with Crippen LogP contribution in [-0.2, 0) is 11.4 Å². The topological polar surface area (TPSA) is 70.8 Å². The Kier molecular flexibility index (Phi) is 4.81. The second-order valence-electron chi connectivity index (χ2n) is 5.67. The molecule has 6 nitrogen and oxygen atoms in total. The molecule has 0 amide bonds. The number of aromatic nitrogens is 2. The molecule has 2 aromatic rings. The number of aliphatic hydroxyl groups excluding tert-OH is 1. The van der Waals surface area contributed by atoms with E-state index in [1.54, 1.807) is 12.1 Å². The summed E-state index contributed by atoms with van der Waals surface area (Å²) in [6, 6.07) is 4.80. The zero-order valence-corrected chi connectivity index (χ0v) is 13.3. The minimum atomic E-state index is -1.81. The second kappa shape index (κ2) is 6.88. The molecule has 120 valence electrons. The van der Waals surface area contributed by atoms with Gasteiger partial charge in [-0.3, -0.25) is 0 Å². The van der Waals surface area contributed by atoms with E-state index >= 15 is 0 Å². The van der Waals surface area contributed by atoms with E-state index in [9.17, 15) is 4.39 Å². The molecule has 0 atom stereocenters. The van der Waals surface area contributed by atoms with Gasteiger partial charge in [-0.2, -0.15) is 0 Å². The molecule has 1 saturated heterocycles. The lowest BCUT2D eigenvalue weighted by Gasteiger charge is -2.32. The van der Waals surface area contributed by atoms with Crippen LogP contribution in [0.25, 0.3) is 11.1 Å². The molecular weight excluding hydrogens is 320 g/mol. The summed E-state index contributed by atoms with van der Waals surface area (Å²) in [5.74, 6) is -0.00775. The van der Waals surface area contributed by atoms with Crippen molar-refractivity contribution < 1.29 is 14.3 Å². The number of benzene rings is 1. The lowest BCUT2D eigenvalue weighted by Crippen LogP contribution is -2.49. The Morgan fingerprint density at radius 2 is 1.92 bits per heavy atom. The molecule has 1 aliphatic rings. The monoisotopic (exact) mass is 332 g/mol. The third kappa shape index (κ3) is 4.01. The molecule has 3 rings (SSSR count). The first-order valence-electron chi connectivity index (χ1n) is 7.43. The molecule has 25 heavy (non-hydrogen) atoms. The van der Waals surface area contributed by atoms with Gasteiger partial charge in [0.15, 0.2) is 0 Å². The molecule has 1 aromatic heterocycles. The van der Waals surface area contributed by atoms with Crippen molar-refractivity contribution in [1.29, 1.82) is 0 Å². The molecule has 1 fully saturated rings. The van der Waals surface area contributed by atoms with Crippen molar-refractivity contribution >= 4 is 35.2 Å². The van der Waals surface area contributed by atoms with Gasteiger partial charge in [-0.15, -0.1) is 0 Å². The molecule has 0 bridgehead atoms. The van der Waals surface area contributed by atoms with Crippen LogP contribution in [0, 0.1) is 5.82 Å². The van der Waals surface area contributed by atoms with E-state index in [0.29, 0.717) is 35.9 Å². The highest BCUT2D eigenvalue weighted by molar-refractivity contribution is 6.58. The van der Waals surface area contributed by atoms with Crippen LogP contribution in [-0.4, -0.2) is 62.7 Å². The van der Waals surface area contributed by atoms with Gasteiger partial charge in [-0.05, 0) is 0 Å². The minimum Gasteiger partial charge on any atom is -0.419 e. The average molecular weight is 332 g/mol. The van der Waals surface area contributed by atoms with E-state index in [0.717, 1.165) is 0 Å². The zero-order chi connectivity index (χ0) is 18.0. The molecule has 10 heteroatoms. The number of anilines is 1. The largest absolute Gasteiger partial charge is 0.419 e. The normalized spacial score (nSPS) is 14.2. The summed E-state index contributed by atoms with van der Waals surface area (Å²) >= 11 is 0. The Morgan fingerprint density at radius 3 is 2.52 bits per heavy atom. The predicted octanol–water partition coefficient (Wildman–Crippen LogP) is 0.0844. The molecule has 0 spiro atoms. The van der Waals surface area contributed by atoms with Crippen LogP contribution in [0.15, 0.2) is 35.7 Å². The van der Waals surface area contributed by atoms with Gasteiger partial charge < -0.3 is 14.8 Å². The van der Waals surface area contributed by atoms with Gasteiger partial charge in [0.2, 0.25) is 5.95 Å². The van der Waals surface area contributed by atoms with Crippen molar-refractivity contribution in [3.63, 3.8) is 0 Å². The summed E-state index contributed by atoms with van der Waals surface area (Å²) < 4.78 is 14.2. The fraction of sp³-hybridized carbons (Fsp3) is 0.267. The van der Waals surface area contributed by atoms with Crippen molar-refractivity contribution in [2.45, 2.75) is 11.9 Å². The van der Waals surface area contributed by atoms with E-state index in [-0.39, 0.29) is 12.2 Å². The summed E-state index contributed by atoms with van der Waals surface area (Å²) in [4.78, 5) is 15.0. The molecular formula is C15H12B3FN4O2. The van der Waals surface area contributed by atoms with Crippen molar-refractivity contribution in [1.82, 2.24) is 9.97 Å². The highest BCUT2D eigenvalue weighted by atomic mass is 19.1. The van der Waals surface area contributed by atoms with Crippen LogP contribution in [0.3, 0.4) is 0 Å². The second-order valence-corrected chi connectivity index (χ2v) is 5.67. The maximum atomic E-state index is 14.2. The van der Waals surface area contributed by atoms with Crippen LogP contribution < -0.4 is 4.90 Å². The number of hydrogen-bond donors (Lipinski definition) is 1. The standard InChI is InChI=1S/C15H12B3FN4O2/c16-15(17,18)25-22-11-6-23(7-11)14-20-4-10(5-21-14)12-3-1-2-9(8-24)13(12)19/h1-5,24H,6-8H2. The van der Waals surface area contributed by atoms with Crippen molar-refractivity contribution in [2.75, 3.05) is 18.0 Å². The molecule has 0 aliphatic carbocycles. The van der Waals surface area contributed by atoms with Crippen LogP contribution in [0.5, 0.6) is 0 Å². The van der Waals surface area contributed by atoms with Crippen LogP contribution in [0.2, 0.25) is 0 Å². The van der Waals surface area contributed by atoms with Crippen molar-refractivity contribution in [3.05, 3.63) is 42.0 Å². The predicted molar refractivity (Wildman–Crippen MR) is 94.1 cm³/mol. The van der Waals surface area contributed by atoms with Crippen molar-refractivity contribution in [3.8, 4) is 11.1 Å². The third-order valence-corrected chi connectivity index (χ3v) is 3.56. The maximum absolute atomic E-state index is 14.2. The summed E-state index contributed by atoms with van der Waals surface area (Å²) in [6.45, 7) is 0.528. The van der Waals surface area contributed by atoms with Gasteiger partial charge >= 0.3 is 0 Å². The first-order valence-corrected chi connectivity index (χ1v) is 7.43. The molecule has 0 saturated carbocycles. The molecule has 1 aromatic carbocycles. The molecule has 1 N–H and O–H groups in total. The first kappa shape index (κ1) is 17.5. The number of rotatable bonds is 5. The number of aliphatic hydroxyl groups is 1. The number of hydrogen-bond acceptors (Lipinski definition) is 6. The molecule has 0 unspecified atom stereocenters. The summed E-state index contributed by atoms with van der Waals surface area (Å²) in [7, 11) is 15.8. The Bertz CT molecular complexity index is 788. The Labute approximate surface area is 148 Å². The molecule has 2 heterocycles. The lowest BCUT2D eigenvalue weighted by molar-refractivity contribution is 0.137. The van der Waals surface area contributed by atoms with Gasteiger partial charge in [0, 0.05) is 34.4 Å². The number of halogens is 1. The molecule has 6 radical (unpaired) electrons. The van der Waals surface area contributed by atoms with Crippen molar-refractivity contribution in [2.24, 2.45) is 5.16 Å². The SMILES string of the molecule is [B]C([B])([B])ON=C1CN(c2ncc(-c3cccc(CO)c3F)cn2)C1. The quantitative estimate of drug-likeness (QED) is 0.621. The van der Waals surface area contributed by atoms with E-state index in [1.807, 2.05) is 4.90 Å². The lowest BCUT2D eigenvalue weighted by atomic mass is 9.52. The fourth-order valence-electron chi connectivity index (χ4n) is 2.29. The minimum absolute atomic E-state index is 0.223. The fourth-order valence-corrected chi connectivity index (χ4v) is 2.29. The summed E-state index contributed by atoms with van der Waals surface area (Å²) in [5, 5.41) is 11.1. The Hall–Kier alpha value is -2.35. The zero-order valence-electron chi connectivity index (χ0n) is 13.3. The van der Waals surface area contributed by atoms with Gasteiger partial charge in [-0.25, -0.2) is 14.4 Å². The average Bonchev–Trinajstić information content (AvgIpc) is 2.53. The summed E-state index contributed by atoms with van der Waals surface area (Å²) in [5.41, 5.74) is 1.78. The van der Waals surface area contributed by atoms with Crippen LogP contribution in [0.4, 0.5) is 10.3 Å². The Morgan fingerprint density at radius 1 is 1.24 bits per heavy atom. The Balaban J connectivity index is 1.68. The van der Waals surface area contributed by atoms with E-state index in [4.69, 9.17) is 33.5 Å². The van der Waals surface area contributed by atoms with Gasteiger partial charge in [-0.1, -0.05) is 23.4 Å². The number of oxime groups is 1. The first-order chi connectivity index (χ1) is 11.9. The van der Waals surface area contributed by atoms with E-state index in [1.165, 1.54) is 18.5 Å². The van der Waals surface area contributed by atoms with Crippen LogP contribution in [0.1, 0.15) is 5.56 Å². The van der Waals surface area contributed by atoms with Gasteiger partial charge in [0.05, 0.1) is 25.4 Å². The summed E-state index contributed by atoms with van der Waals surface area (Å²) in [6.07, 6.45) is 3.05. The smallest absolute Gasteiger partial charge is 0.225 e. The van der Waals surface area contributed by atoms with Gasteiger partial charge in [0.1, 0.15) is 29.4 Å².